The van der Waals surface area contributed by atoms with E-state index >= 15 is 0 Å². The highest BCUT2D eigenvalue weighted by Crippen LogP contribution is 2.30. The van der Waals surface area contributed by atoms with Crippen LogP contribution in [0.1, 0.15) is 12.5 Å². The minimum absolute atomic E-state index is 0.261. The topological polar surface area (TPSA) is 86.5 Å². The maximum atomic E-state index is 11.6. The van der Waals surface area contributed by atoms with Crippen molar-refractivity contribution in [2.24, 2.45) is 5.73 Å². The maximum Gasteiger partial charge on any atom is 0.241 e. The summed E-state index contributed by atoms with van der Waals surface area (Å²) in [5.41, 5.74) is 7.08. The van der Waals surface area contributed by atoms with Crippen molar-refractivity contribution in [3.05, 3.63) is 48.3 Å². The molecule has 0 fully saturated rings. The molecule has 0 radical (unpaired) electrons. The number of carbonyl (C=O) groups excluding carboxylic acids is 1. The second kappa shape index (κ2) is 7.42. The molecule has 0 aliphatic carbocycles. The van der Waals surface area contributed by atoms with E-state index in [9.17, 15) is 4.79 Å². The second-order valence-corrected chi connectivity index (χ2v) is 4.79. The standard InChI is InChI=1S/C16H19N3O3/c1-11(17)16(20)19-13-5-6-14(21-2)15(8-13)22-10-12-4-3-7-18-9-12/h3-9,11H,10,17H2,1-2H3,(H,19,20)/t11-/m1/s1. The number of benzene rings is 1. The molecule has 1 aromatic heterocycles. The van der Waals surface area contributed by atoms with Gasteiger partial charge in [-0.25, -0.2) is 0 Å². The van der Waals surface area contributed by atoms with Gasteiger partial charge in [-0.15, -0.1) is 0 Å². The van der Waals surface area contributed by atoms with Gasteiger partial charge in [0.1, 0.15) is 6.61 Å². The molecule has 1 heterocycles. The molecule has 2 rings (SSSR count). The number of rotatable bonds is 6. The zero-order valence-corrected chi connectivity index (χ0v) is 12.6. The van der Waals surface area contributed by atoms with Crippen LogP contribution >= 0.6 is 0 Å². The van der Waals surface area contributed by atoms with Gasteiger partial charge >= 0.3 is 0 Å². The highest BCUT2D eigenvalue weighted by Gasteiger charge is 2.11. The Morgan fingerprint density at radius 1 is 1.36 bits per heavy atom. The number of hydrogen-bond acceptors (Lipinski definition) is 5. The molecular formula is C16H19N3O3. The molecule has 1 aromatic carbocycles. The monoisotopic (exact) mass is 301 g/mol. The van der Waals surface area contributed by atoms with E-state index in [1.165, 1.54) is 0 Å². The van der Waals surface area contributed by atoms with Gasteiger partial charge in [0, 0.05) is 29.7 Å². The van der Waals surface area contributed by atoms with Crippen molar-refractivity contribution in [2.45, 2.75) is 19.6 Å². The molecule has 6 heteroatoms. The number of carbonyl (C=O) groups is 1. The molecule has 1 amide bonds. The van der Waals surface area contributed by atoms with Gasteiger partial charge in [0.25, 0.3) is 0 Å². The molecular weight excluding hydrogens is 282 g/mol. The zero-order valence-electron chi connectivity index (χ0n) is 12.6. The van der Waals surface area contributed by atoms with Crippen molar-refractivity contribution in [1.82, 2.24) is 4.98 Å². The lowest BCUT2D eigenvalue weighted by molar-refractivity contribution is -0.117. The van der Waals surface area contributed by atoms with E-state index in [-0.39, 0.29) is 5.91 Å². The average Bonchev–Trinajstić information content (AvgIpc) is 2.54. The molecule has 22 heavy (non-hydrogen) atoms. The first kappa shape index (κ1) is 15.8. The highest BCUT2D eigenvalue weighted by atomic mass is 16.5. The van der Waals surface area contributed by atoms with Crippen LogP contribution in [0.4, 0.5) is 5.69 Å². The summed E-state index contributed by atoms with van der Waals surface area (Å²) >= 11 is 0. The molecule has 0 bridgehead atoms. The first-order chi connectivity index (χ1) is 10.6. The summed E-state index contributed by atoms with van der Waals surface area (Å²) < 4.78 is 11.0. The van der Waals surface area contributed by atoms with E-state index in [2.05, 4.69) is 10.3 Å². The molecule has 0 saturated heterocycles. The fraction of sp³-hybridized carbons (Fsp3) is 0.250. The Hall–Kier alpha value is -2.60. The van der Waals surface area contributed by atoms with Crippen molar-refractivity contribution in [2.75, 3.05) is 12.4 Å². The summed E-state index contributed by atoms with van der Waals surface area (Å²) in [6, 6.07) is 8.35. The van der Waals surface area contributed by atoms with Gasteiger partial charge in [-0.1, -0.05) is 6.07 Å². The quantitative estimate of drug-likeness (QED) is 0.851. The predicted octanol–water partition coefficient (Wildman–Crippen LogP) is 1.95. The van der Waals surface area contributed by atoms with Crippen LogP contribution in [-0.4, -0.2) is 24.0 Å². The summed E-state index contributed by atoms with van der Waals surface area (Å²) in [6.45, 7) is 1.98. The van der Waals surface area contributed by atoms with E-state index in [1.807, 2.05) is 12.1 Å². The van der Waals surface area contributed by atoms with Crippen molar-refractivity contribution in [3.63, 3.8) is 0 Å². The van der Waals surface area contributed by atoms with E-state index in [0.717, 1.165) is 5.56 Å². The van der Waals surface area contributed by atoms with Gasteiger partial charge in [0.05, 0.1) is 13.2 Å². The predicted molar refractivity (Wildman–Crippen MR) is 83.8 cm³/mol. The highest BCUT2D eigenvalue weighted by molar-refractivity contribution is 5.94. The largest absolute Gasteiger partial charge is 0.493 e. The fourth-order valence-electron chi connectivity index (χ4n) is 1.77. The molecule has 6 nitrogen and oxygen atoms in total. The van der Waals surface area contributed by atoms with Crippen LogP contribution in [0.15, 0.2) is 42.7 Å². The molecule has 3 N–H and O–H groups in total. The lowest BCUT2D eigenvalue weighted by Gasteiger charge is -2.13. The van der Waals surface area contributed by atoms with E-state index in [1.54, 1.807) is 44.6 Å². The normalized spacial score (nSPS) is 11.6. The minimum atomic E-state index is -0.582. The summed E-state index contributed by atoms with van der Waals surface area (Å²) in [5, 5.41) is 2.72. The molecule has 0 saturated carbocycles. The third kappa shape index (κ3) is 4.20. The number of aromatic nitrogens is 1. The smallest absolute Gasteiger partial charge is 0.241 e. The van der Waals surface area contributed by atoms with Gasteiger partial charge in [0.15, 0.2) is 11.5 Å². The van der Waals surface area contributed by atoms with E-state index in [4.69, 9.17) is 15.2 Å². The first-order valence-electron chi connectivity index (χ1n) is 6.86. The molecule has 0 unspecified atom stereocenters. The number of nitrogens with two attached hydrogens (primary N) is 1. The maximum absolute atomic E-state index is 11.6. The van der Waals surface area contributed by atoms with E-state index in [0.29, 0.717) is 23.8 Å². The average molecular weight is 301 g/mol. The van der Waals surface area contributed by atoms with Crippen molar-refractivity contribution < 1.29 is 14.3 Å². The Bertz CT molecular complexity index is 630. The van der Waals surface area contributed by atoms with Crippen LogP contribution < -0.4 is 20.5 Å². The molecule has 116 valence electrons. The third-order valence-electron chi connectivity index (χ3n) is 2.96. The number of anilines is 1. The van der Waals surface area contributed by atoms with Crippen LogP contribution in [0.2, 0.25) is 0 Å². The molecule has 1 atom stereocenters. The lowest BCUT2D eigenvalue weighted by Crippen LogP contribution is -2.32. The SMILES string of the molecule is COc1ccc(NC(=O)[C@@H](C)N)cc1OCc1cccnc1. The number of hydrogen-bond donors (Lipinski definition) is 2. The lowest BCUT2D eigenvalue weighted by atomic mass is 10.2. The van der Waals surface area contributed by atoms with Crippen molar-refractivity contribution >= 4 is 11.6 Å². The third-order valence-corrected chi connectivity index (χ3v) is 2.96. The second-order valence-electron chi connectivity index (χ2n) is 4.79. The minimum Gasteiger partial charge on any atom is -0.493 e. The van der Waals surface area contributed by atoms with Crippen LogP contribution in [0.25, 0.3) is 0 Å². The van der Waals surface area contributed by atoms with Crippen molar-refractivity contribution in [1.29, 1.82) is 0 Å². The Morgan fingerprint density at radius 3 is 2.82 bits per heavy atom. The number of methoxy groups -OCH3 is 1. The summed E-state index contributed by atoms with van der Waals surface area (Å²) in [5.74, 6) is 0.861. The first-order valence-corrected chi connectivity index (χ1v) is 6.86. The fourth-order valence-corrected chi connectivity index (χ4v) is 1.77. The zero-order chi connectivity index (χ0) is 15.9. The van der Waals surface area contributed by atoms with Crippen LogP contribution in [0.5, 0.6) is 11.5 Å². The Morgan fingerprint density at radius 2 is 2.18 bits per heavy atom. The summed E-state index contributed by atoms with van der Waals surface area (Å²) in [7, 11) is 1.56. The van der Waals surface area contributed by atoms with Crippen LogP contribution in [-0.2, 0) is 11.4 Å². The van der Waals surface area contributed by atoms with Gasteiger partial charge in [0.2, 0.25) is 5.91 Å². The number of nitrogens with one attached hydrogen (secondary N) is 1. The Balaban J connectivity index is 2.12. The molecule has 0 aliphatic heterocycles. The Kier molecular flexibility index (Phi) is 5.32. The summed E-state index contributed by atoms with van der Waals surface area (Å²) in [4.78, 5) is 15.7. The van der Waals surface area contributed by atoms with Gasteiger partial charge in [-0.2, -0.15) is 0 Å². The number of amides is 1. The van der Waals surface area contributed by atoms with Gasteiger partial charge < -0.3 is 20.5 Å². The number of pyridine rings is 1. The number of nitrogens with zero attached hydrogens (tertiary/aromatic N) is 1. The molecule has 0 spiro atoms. The van der Waals surface area contributed by atoms with Crippen LogP contribution in [0.3, 0.4) is 0 Å². The van der Waals surface area contributed by atoms with Crippen molar-refractivity contribution in [3.8, 4) is 11.5 Å². The summed E-state index contributed by atoms with van der Waals surface area (Å²) in [6.07, 6.45) is 3.43. The van der Waals surface area contributed by atoms with Gasteiger partial charge in [-0.05, 0) is 25.1 Å². The number of ether oxygens (including phenoxy) is 2. The molecule has 2 aromatic rings. The Labute approximate surface area is 129 Å². The van der Waals surface area contributed by atoms with E-state index < -0.39 is 6.04 Å². The molecule has 0 aliphatic rings. The van der Waals surface area contributed by atoms with Gasteiger partial charge in [-0.3, -0.25) is 9.78 Å². The van der Waals surface area contributed by atoms with Crippen LogP contribution in [0, 0.1) is 0 Å².